The number of H-pyrrole nitrogens is 1. The number of rotatable bonds is 9. The summed E-state index contributed by atoms with van der Waals surface area (Å²) < 4.78 is 6.32. The first-order valence-corrected chi connectivity index (χ1v) is 22.8. The molecular formula is C50H71N3O5. The zero-order valence-corrected chi connectivity index (χ0v) is 36.8. The average Bonchev–Trinajstić information content (AvgIpc) is 3.92. The Morgan fingerprint density at radius 3 is 2.34 bits per heavy atom. The van der Waals surface area contributed by atoms with Gasteiger partial charge in [-0.1, -0.05) is 91.0 Å². The van der Waals surface area contributed by atoms with Crippen molar-refractivity contribution in [3.8, 4) is 11.3 Å². The summed E-state index contributed by atoms with van der Waals surface area (Å²) in [7, 11) is 0. The van der Waals surface area contributed by atoms with Gasteiger partial charge >= 0.3 is 11.9 Å². The minimum Gasteiger partial charge on any atom is -0.481 e. The molecule has 316 valence electrons. The van der Waals surface area contributed by atoms with Crippen molar-refractivity contribution in [2.75, 3.05) is 6.54 Å². The van der Waals surface area contributed by atoms with Crippen molar-refractivity contribution in [3.63, 3.8) is 0 Å². The third kappa shape index (κ3) is 6.34. The molecule has 6 aliphatic rings. The fourth-order valence-electron chi connectivity index (χ4n) is 15.6. The van der Waals surface area contributed by atoms with E-state index < -0.39 is 11.4 Å². The number of carbonyl (C=O) groups is 3. The number of hydrogen-bond acceptors (Lipinski definition) is 5. The van der Waals surface area contributed by atoms with Crippen LogP contribution in [0.15, 0.2) is 48.7 Å². The van der Waals surface area contributed by atoms with Crippen LogP contribution in [0.25, 0.3) is 11.3 Å². The summed E-state index contributed by atoms with van der Waals surface area (Å²) in [5, 5.41) is 9.40. The lowest BCUT2D eigenvalue weighted by molar-refractivity contribution is -0.250. The highest BCUT2D eigenvalue weighted by atomic mass is 16.5. The second-order valence-corrected chi connectivity index (χ2v) is 22.3. The molecule has 0 bridgehead atoms. The molecule has 0 unspecified atom stereocenters. The summed E-state index contributed by atoms with van der Waals surface area (Å²) in [6.45, 7) is 23.8. The van der Waals surface area contributed by atoms with E-state index in [9.17, 15) is 14.7 Å². The lowest BCUT2D eigenvalue weighted by atomic mass is 9.32. The van der Waals surface area contributed by atoms with Crippen LogP contribution in [-0.4, -0.2) is 50.5 Å². The van der Waals surface area contributed by atoms with Crippen molar-refractivity contribution in [1.82, 2.24) is 14.9 Å². The van der Waals surface area contributed by atoms with Gasteiger partial charge < -0.3 is 19.7 Å². The minimum atomic E-state index is -0.887. The van der Waals surface area contributed by atoms with E-state index in [0.29, 0.717) is 35.5 Å². The summed E-state index contributed by atoms with van der Waals surface area (Å²) in [5.41, 5.74) is 2.54. The highest BCUT2D eigenvalue weighted by Gasteiger charge is 2.72. The van der Waals surface area contributed by atoms with Gasteiger partial charge in [0.25, 0.3) is 0 Å². The number of likely N-dealkylation sites (tertiary alicyclic amines) is 1. The third-order valence-corrected chi connectivity index (χ3v) is 18.5. The molecule has 2 aromatic rings. The van der Waals surface area contributed by atoms with Gasteiger partial charge in [0, 0.05) is 12.0 Å². The molecule has 0 spiro atoms. The van der Waals surface area contributed by atoms with E-state index in [0.717, 1.165) is 94.3 Å². The van der Waals surface area contributed by atoms with Gasteiger partial charge in [-0.2, -0.15) is 0 Å². The van der Waals surface area contributed by atoms with E-state index in [1.807, 2.05) is 26.1 Å². The molecule has 5 saturated carbocycles. The number of allylic oxidation sites excluding steroid dienone is 1. The van der Waals surface area contributed by atoms with E-state index in [-0.39, 0.29) is 58.0 Å². The standard InChI is InChI=1S/C50H71N3O5/c1-31(2)33-19-24-50(44(57)53-27-13-16-36(53)43-51-30-35(52-43)32-14-11-10-12-15-32)26-25-48(8)34(42(33)50)17-18-38-47(7)22-21-39(46(5,6)37(47)20-23-49(38,48)9)58-41(56)29-45(3,4)28-40(54)55/h10-12,14-15,30,33-34,36-39,42H,1,13,16-29H2,2-9H3,(H,51,52)(H,54,55)/t33-,34+,36-,37-,38+,39-,42+,47-,48+,49+,50-/m0/s1. The first-order chi connectivity index (χ1) is 27.3. The Kier molecular flexibility index (Phi) is 10.2. The van der Waals surface area contributed by atoms with Gasteiger partial charge in [-0.15, -0.1) is 0 Å². The Balaban J connectivity index is 1.05. The Morgan fingerprint density at radius 1 is 0.897 bits per heavy atom. The molecule has 5 aliphatic carbocycles. The van der Waals surface area contributed by atoms with E-state index in [1.165, 1.54) is 12.0 Å². The zero-order valence-electron chi connectivity index (χ0n) is 36.8. The summed E-state index contributed by atoms with van der Waals surface area (Å²) in [6, 6.07) is 10.3. The average molecular weight is 794 g/mol. The fourth-order valence-corrected chi connectivity index (χ4v) is 15.6. The number of imidazole rings is 1. The molecule has 1 amide bonds. The van der Waals surface area contributed by atoms with Gasteiger partial charge in [0.05, 0.1) is 36.2 Å². The van der Waals surface area contributed by atoms with Gasteiger partial charge in [-0.25, -0.2) is 4.98 Å². The summed E-state index contributed by atoms with van der Waals surface area (Å²) >= 11 is 0. The van der Waals surface area contributed by atoms with E-state index in [4.69, 9.17) is 9.72 Å². The molecule has 6 fully saturated rings. The quantitative estimate of drug-likeness (QED) is 0.193. The van der Waals surface area contributed by atoms with Gasteiger partial charge in [0.15, 0.2) is 0 Å². The first-order valence-electron chi connectivity index (χ1n) is 22.8. The molecule has 8 nitrogen and oxygen atoms in total. The Morgan fingerprint density at radius 2 is 1.64 bits per heavy atom. The number of nitrogens with zero attached hydrogens (tertiary/aromatic N) is 2. The third-order valence-electron chi connectivity index (χ3n) is 18.5. The predicted octanol–water partition coefficient (Wildman–Crippen LogP) is 11.2. The van der Waals surface area contributed by atoms with Crippen LogP contribution in [0, 0.1) is 62.1 Å². The maximum atomic E-state index is 15.5. The monoisotopic (exact) mass is 794 g/mol. The molecule has 8 rings (SSSR count). The molecule has 0 radical (unpaired) electrons. The van der Waals surface area contributed by atoms with Gasteiger partial charge in [-0.3, -0.25) is 14.4 Å². The van der Waals surface area contributed by atoms with Crippen LogP contribution < -0.4 is 0 Å². The van der Waals surface area contributed by atoms with Crippen molar-refractivity contribution in [2.45, 2.75) is 157 Å². The van der Waals surface area contributed by atoms with Crippen LogP contribution >= 0.6 is 0 Å². The molecule has 11 atom stereocenters. The van der Waals surface area contributed by atoms with Crippen molar-refractivity contribution < 1.29 is 24.2 Å². The Bertz CT molecular complexity index is 1930. The van der Waals surface area contributed by atoms with Gasteiger partial charge in [-0.05, 0) is 141 Å². The molecule has 1 aromatic heterocycles. The zero-order chi connectivity index (χ0) is 41.6. The SMILES string of the molecule is C=C(C)[C@@H]1CC[C@]2(C(=O)N3CCC[C@H]3c3ncc(-c4ccccc4)[nH]3)CC[C@]3(C)[C@H](CC[C@@H]4[C@@]5(C)CC[C@H](OC(=O)CC(C)(C)CC(=O)O)C(C)(C)[C@@H]5CC[C@]43C)[C@@H]12. The highest BCUT2D eigenvalue weighted by Crippen LogP contribution is 2.78. The van der Waals surface area contributed by atoms with Crippen molar-refractivity contribution in [1.29, 1.82) is 0 Å². The van der Waals surface area contributed by atoms with E-state index in [2.05, 4.69) is 82.3 Å². The number of carbonyl (C=O) groups excluding carboxylic acids is 2. The Labute approximate surface area is 347 Å². The van der Waals surface area contributed by atoms with Crippen molar-refractivity contribution >= 4 is 17.8 Å². The molecule has 2 heterocycles. The van der Waals surface area contributed by atoms with Crippen molar-refractivity contribution in [3.05, 3.63) is 54.5 Å². The van der Waals surface area contributed by atoms with E-state index >= 15 is 4.79 Å². The van der Waals surface area contributed by atoms with Crippen LogP contribution in [0.5, 0.6) is 0 Å². The summed E-state index contributed by atoms with van der Waals surface area (Å²) in [4.78, 5) is 51.1. The van der Waals surface area contributed by atoms with Gasteiger partial charge in [0.2, 0.25) is 5.91 Å². The lowest BCUT2D eigenvalue weighted by Gasteiger charge is -2.73. The number of fused-ring (bicyclic) bond motifs is 7. The number of hydrogen-bond donors (Lipinski definition) is 2. The molecule has 1 aromatic carbocycles. The number of nitrogens with one attached hydrogen (secondary N) is 1. The molecule has 8 heteroatoms. The second kappa shape index (κ2) is 14.4. The molecule has 1 saturated heterocycles. The highest BCUT2D eigenvalue weighted by molar-refractivity contribution is 5.84. The number of aromatic amines is 1. The molecule has 1 aliphatic heterocycles. The number of ether oxygens (including phenoxy) is 1. The number of carboxylic acid groups (broad SMARTS) is 1. The summed E-state index contributed by atoms with van der Waals surface area (Å²) in [6.07, 6.45) is 14.3. The maximum Gasteiger partial charge on any atom is 0.306 e. The number of aromatic nitrogens is 2. The van der Waals surface area contributed by atoms with Crippen LogP contribution in [-0.2, 0) is 19.1 Å². The molecule has 58 heavy (non-hydrogen) atoms. The largest absolute Gasteiger partial charge is 0.481 e. The number of esters is 1. The van der Waals surface area contributed by atoms with E-state index in [1.54, 1.807) is 0 Å². The number of amides is 1. The van der Waals surface area contributed by atoms with Crippen molar-refractivity contribution in [2.24, 2.45) is 62.1 Å². The number of carboxylic acids is 1. The van der Waals surface area contributed by atoms with Crippen LogP contribution in [0.3, 0.4) is 0 Å². The maximum absolute atomic E-state index is 15.5. The van der Waals surface area contributed by atoms with Crippen LogP contribution in [0.4, 0.5) is 0 Å². The number of benzene rings is 1. The molecule has 2 N–H and O–H groups in total. The summed E-state index contributed by atoms with van der Waals surface area (Å²) in [5.74, 6) is 2.24. The fraction of sp³-hybridized carbons (Fsp3) is 0.720. The Hall–Kier alpha value is -3.42. The predicted molar refractivity (Wildman–Crippen MR) is 227 cm³/mol. The van der Waals surface area contributed by atoms with Gasteiger partial charge in [0.1, 0.15) is 11.9 Å². The normalized spacial score (nSPS) is 39.2. The number of aliphatic carboxylic acids is 1. The van der Waals surface area contributed by atoms with Crippen LogP contribution in [0.2, 0.25) is 0 Å². The lowest BCUT2D eigenvalue weighted by Crippen LogP contribution is -2.67. The topological polar surface area (TPSA) is 113 Å². The van der Waals surface area contributed by atoms with Crippen LogP contribution in [0.1, 0.15) is 157 Å². The second-order valence-electron chi connectivity index (χ2n) is 22.3. The minimum absolute atomic E-state index is 0.0188. The molecular weight excluding hydrogens is 723 g/mol. The smallest absolute Gasteiger partial charge is 0.306 e. The first kappa shape index (κ1) is 41.3.